The van der Waals surface area contributed by atoms with Crippen LogP contribution in [0.2, 0.25) is 0 Å². The van der Waals surface area contributed by atoms with Gasteiger partial charge < -0.3 is 11.1 Å². The second-order valence-corrected chi connectivity index (χ2v) is 6.84. The van der Waals surface area contributed by atoms with E-state index in [2.05, 4.69) is 22.0 Å². The second-order valence-electron chi connectivity index (χ2n) is 5.72. The Morgan fingerprint density at radius 3 is 2.78 bits per heavy atom. The lowest BCUT2D eigenvalue weighted by atomic mass is 9.91. The minimum atomic E-state index is -4.24. The molecule has 128 valence electrons. The summed E-state index contributed by atoms with van der Waals surface area (Å²) < 4.78 is 37.8. The number of halogens is 3. The van der Waals surface area contributed by atoms with E-state index < -0.39 is 12.6 Å². The van der Waals surface area contributed by atoms with E-state index in [1.807, 2.05) is 0 Å². The molecule has 0 amide bonds. The Kier molecular flexibility index (Phi) is 5.80. The monoisotopic (exact) mass is 346 g/mol. The molecule has 1 fully saturated rings. The van der Waals surface area contributed by atoms with Gasteiger partial charge in [0.1, 0.15) is 10.8 Å². The van der Waals surface area contributed by atoms with Gasteiger partial charge in [0.15, 0.2) is 0 Å². The minimum absolute atomic E-state index is 0.152. The van der Waals surface area contributed by atoms with Crippen LogP contribution in [0.4, 0.5) is 18.2 Å². The van der Waals surface area contributed by atoms with Crippen LogP contribution in [-0.2, 0) is 6.42 Å². The van der Waals surface area contributed by atoms with Gasteiger partial charge >= 0.3 is 6.18 Å². The lowest BCUT2D eigenvalue weighted by Crippen LogP contribution is -2.42. The van der Waals surface area contributed by atoms with Gasteiger partial charge in [0.2, 0.25) is 0 Å². The number of hydrogen-bond acceptors (Lipinski definition) is 4. The van der Waals surface area contributed by atoms with E-state index in [9.17, 15) is 13.2 Å². The number of aliphatic imine (C=N–C) groups is 2. The van der Waals surface area contributed by atoms with Crippen molar-refractivity contribution in [3.63, 3.8) is 0 Å². The number of rotatable bonds is 4. The van der Waals surface area contributed by atoms with E-state index in [0.717, 1.165) is 37.0 Å². The molecule has 2 atom stereocenters. The highest BCUT2D eigenvalue weighted by molar-refractivity contribution is 7.16. The van der Waals surface area contributed by atoms with E-state index in [1.165, 1.54) is 6.07 Å². The van der Waals surface area contributed by atoms with Gasteiger partial charge in [0, 0.05) is 24.0 Å². The Hall–Kier alpha value is -1.41. The standard InChI is InChI=1S/C15H21F3N4S/c1-20-13(22-10-5-3-4-9(19)6-10)12-7-11(8-15(16,17)18)23-14(12)21-2/h7,9-10H,2-6,8,19H2,1H3,(H,20,22)/t9-,10+/m0/s1. The van der Waals surface area contributed by atoms with Gasteiger partial charge in [-0.3, -0.25) is 9.98 Å². The van der Waals surface area contributed by atoms with Crippen LogP contribution in [0.1, 0.15) is 36.1 Å². The van der Waals surface area contributed by atoms with Crippen molar-refractivity contribution >= 4 is 28.9 Å². The number of hydrogen-bond donors (Lipinski definition) is 2. The summed E-state index contributed by atoms with van der Waals surface area (Å²) in [5.74, 6) is 0.552. The molecule has 1 aromatic heterocycles. The van der Waals surface area contributed by atoms with Gasteiger partial charge in [-0.05, 0) is 38.5 Å². The zero-order valence-electron chi connectivity index (χ0n) is 13.0. The highest BCUT2D eigenvalue weighted by atomic mass is 32.1. The van der Waals surface area contributed by atoms with Crippen LogP contribution in [0.3, 0.4) is 0 Å². The summed E-state index contributed by atoms with van der Waals surface area (Å²) >= 11 is 0.998. The molecule has 23 heavy (non-hydrogen) atoms. The summed E-state index contributed by atoms with van der Waals surface area (Å²) in [5.41, 5.74) is 6.55. The maximum Gasteiger partial charge on any atom is 0.393 e. The van der Waals surface area contributed by atoms with E-state index in [4.69, 9.17) is 5.73 Å². The van der Waals surface area contributed by atoms with E-state index >= 15 is 0 Å². The first-order valence-corrected chi connectivity index (χ1v) is 8.29. The molecule has 1 aliphatic rings. The fourth-order valence-electron chi connectivity index (χ4n) is 2.82. The molecular formula is C15H21F3N4S. The third-order valence-corrected chi connectivity index (χ3v) is 4.88. The maximum atomic E-state index is 12.6. The topological polar surface area (TPSA) is 62.8 Å². The molecule has 0 aromatic carbocycles. The van der Waals surface area contributed by atoms with Crippen LogP contribution >= 0.6 is 11.3 Å². The molecule has 0 unspecified atom stereocenters. The number of thiophene rings is 1. The van der Waals surface area contributed by atoms with Crippen LogP contribution in [0.25, 0.3) is 0 Å². The van der Waals surface area contributed by atoms with Crippen molar-refractivity contribution in [2.75, 3.05) is 7.05 Å². The van der Waals surface area contributed by atoms with Crippen LogP contribution in [0, 0.1) is 0 Å². The zero-order chi connectivity index (χ0) is 17.0. The number of nitrogens with two attached hydrogens (primary N) is 1. The molecular weight excluding hydrogens is 325 g/mol. The Bertz CT molecular complexity index is 580. The average Bonchev–Trinajstić information content (AvgIpc) is 2.85. The molecule has 1 aliphatic carbocycles. The zero-order valence-corrected chi connectivity index (χ0v) is 13.8. The number of nitrogens with one attached hydrogen (secondary N) is 1. The Labute approximate surface area is 137 Å². The Morgan fingerprint density at radius 2 is 2.22 bits per heavy atom. The van der Waals surface area contributed by atoms with Gasteiger partial charge in [0.05, 0.1) is 12.0 Å². The van der Waals surface area contributed by atoms with Crippen molar-refractivity contribution in [1.82, 2.24) is 5.32 Å². The highest BCUT2D eigenvalue weighted by Gasteiger charge is 2.30. The van der Waals surface area contributed by atoms with Gasteiger partial charge in [-0.25, -0.2) is 0 Å². The second kappa shape index (κ2) is 7.44. The first-order valence-electron chi connectivity index (χ1n) is 7.48. The van der Waals surface area contributed by atoms with Crippen molar-refractivity contribution in [3.8, 4) is 0 Å². The predicted octanol–water partition coefficient (Wildman–Crippen LogP) is 3.42. The van der Waals surface area contributed by atoms with Crippen LogP contribution < -0.4 is 11.1 Å². The van der Waals surface area contributed by atoms with Crippen molar-refractivity contribution in [3.05, 3.63) is 16.5 Å². The molecule has 0 aliphatic heterocycles. The van der Waals surface area contributed by atoms with Crippen molar-refractivity contribution in [1.29, 1.82) is 0 Å². The third kappa shape index (κ3) is 5.04. The fourth-order valence-corrected chi connectivity index (χ4v) is 3.81. The number of nitrogens with zero attached hydrogens (tertiary/aromatic N) is 2. The van der Waals surface area contributed by atoms with Gasteiger partial charge in [-0.1, -0.05) is 0 Å². The van der Waals surface area contributed by atoms with E-state index in [1.54, 1.807) is 7.05 Å². The molecule has 2 rings (SSSR count). The lowest BCUT2D eigenvalue weighted by Gasteiger charge is -2.28. The molecule has 1 saturated carbocycles. The number of amidine groups is 1. The molecule has 4 nitrogen and oxygen atoms in total. The molecule has 0 spiro atoms. The minimum Gasteiger partial charge on any atom is -0.367 e. The molecule has 8 heteroatoms. The smallest absolute Gasteiger partial charge is 0.367 e. The molecule has 0 radical (unpaired) electrons. The largest absolute Gasteiger partial charge is 0.393 e. The molecule has 1 heterocycles. The van der Waals surface area contributed by atoms with Crippen LogP contribution in [-0.4, -0.2) is 37.9 Å². The van der Waals surface area contributed by atoms with Crippen molar-refractivity contribution in [2.45, 2.75) is 50.4 Å². The third-order valence-electron chi connectivity index (χ3n) is 3.82. The molecule has 0 saturated heterocycles. The fraction of sp³-hybridized carbons (Fsp3) is 0.600. The van der Waals surface area contributed by atoms with Crippen molar-refractivity contribution < 1.29 is 13.2 Å². The van der Waals surface area contributed by atoms with Gasteiger partial charge in [-0.2, -0.15) is 13.2 Å². The molecule has 1 aromatic rings. The summed E-state index contributed by atoms with van der Waals surface area (Å²) in [6.45, 7) is 3.45. The first-order chi connectivity index (χ1) is 10.8. The SMILES string of the molecule is C=Nc1sc(CC(F)(F)F)cc1C(=NC)N[C@@H]1CCC[C@H](N)C1. The average molecular weight is 346 g/mol. The molecule has 0 bridgehead atoms. The lowest BCUT2D eigenvalue weighted by molar-refractivity contribution is -0.126. The normalized spacial score (nSPS) is 22.9. The summed E-state index contributed by atoms with van der Waals surface area (Å²) in [4.78, 5) is 8.26. The summed E-state index contributed by atoms with van der Waals surface area (Å²) in [6.07, 6.45) is -1.37. The van der Waals surface area contributed by atoms with Gasteiger partial charge in [0.25, 0.3) is 0 Å². The van der Waals surface area contributed by atoms with Gasteiger partial charge in [-0.15, -0.1) is 11.3 Å². The quantitative estimate of drug-likeness (QED) is 0.648. The highest BCUT2D eigenvalue weighted by Crippen LogP contribution is 2.34. The van der Waals surface area contributed by atoms with E-state index in [0.29, 0.717) is 16.4 Å². The van der Waals surface area contributed by atoms with Crippen LogP contribution in [0.5, 0.6) is 0 Å². The maximum absolute atomic E-state index is 12.6. The summed E-state index contributed by atoms with van der Waals surface area (Å²) in [7, 11) is 1.61. The summed E-state index contributed by atoms with van der Waals surface area (Å²) in [6, 6.07) is 1.83. The predicted molar refractivity (Wildman–Crippen MR) is 89.1 cm³/mol. The van der Waals surface area contributed by atoms with Crippen molar-refractivity contribution in [2.24, 2.45) is 15.7 Å². The number of alkyl halides is 3. The molecule has 3 N–H and O–H groups in total. The van der Waals surface area contributed by atoms with Crippen LogP contribution in [0.15, 0.2) is 16.1 Å². The van der Waals surface area contributed by atoms with E-state index in [-0.39, 0.29) is 17.0 Å². The summed E-state index contributed by atoms with van der Waals surface area (Å²) in [5, 5.41) is 3.77. The Balaban J connectivity index is 2.18. The first kappa shape index (κ1) is 17.9. The Morgan fingerprint density at radius 1 is 1.48 bits per heavy atom.